The van der Waals surface area contributed by atoms with Crippen molar-refractivity contribution in [3.63, 3.8) is 0 Å². The van der Waals surface area contributed by atoms with Crippen LogP contribution in [0.1, 0.15) is 16.7 Å². The zero-order valence-corrected chi connectivity index (χ0v) is 24.5. The van der Waals surface area contributed by atoms with Gasteiger partial charge in [-0.3, -0.25) is 15.0 Å². The van der Waals surface area contributed by atoms with E-state index in [4.69, 9.17) is 9.47 Å². The molecule has 3 aromatic rings. The lowest BCUT2D eigenvalue weighted by Crippen LogP contribution is -2.55. The lowest BCUT2D eigenvalue weighted by Gasteiger charge is -2.38. The third-order valence-electron chi connectivity index (χ3n) is 8.94. The predicted molar refractivity (Wildman–Crippen MR) is 161 cm³/mol. The fourth-order valence-electron chi connectivity index (χ4n) is 6.60. The third kappa shape index (κ3) is 5.56. The number of ether oxygens (including phenoxy) is 2. The van der Waals surface area contributed by atoms with Gasteiger partial charge in [-0.25, -0.2) is 10.0 Å². The Hall–Kier alpha value is -3.31. The quantitative estimate of drug-likeness (QED) is 0.375. The van der Waals surface area contributed by atoms with Crippen LogP contribution < -0.4 is 10.2 Å². The summed E-state index contributed by atoms with van der Waals surface area (Å²) in [5, 5.41) is 7.85. The topological polar surface area (TPSA) is 70.4 Å². The number of hydrazine groups is 1. The summed E-state index contributed by atoms with van der Waals surface area (Å²) in [7, 11) is 6.18. The fourth-order valence-corrected chi connectivity index (χ4v) is 6.60. The van der Waals surface area contributed by atoms with E-state index in [2.05, 4.69) is 105 Å². The maximum Gasteiger partial charge on any atom is 0.240 e. The van der Waals surface area contributed by atoms with Gasteiger partial charge in [0.1, 0.15) is 18.5 Å². The van der Waals surface area contributed by atoms with Crippen molar-refractivity contribution in [1.29, 1.82) is 0 Å². The molecule has 4 heterocycles. The first kappa shape index (κ1) is 27.5. The van der Waals surface area contributed by atoms with Crippen LogP contribution in [0, 0.1) is 0 Å². The molecule has 4 saturated heterocycles. The summed E-state index contributed by atoms with van der Waals surface area (Å²) in [6, 6.07) is 29.4. The number of carbonyl (C=O) groups is 1. The zero-order valence-electron chi connectivity index (χ0n) is 24.5. The first-order valence-corrected chi connectivity index (χ1v) is 14.9. The number of amides is 1. The summed E-state index contributed by atoms with van der Waals surface area (Å²) in [4.78, 5) is 20.4. The van der Waals surface area contributed by atoms with E-state index >= 15 is 0 Å². The zero-order chi connectivity index (χ0) is 28.8. The summed E-state index contributed by atoms with van der Waals surface area (Å²) in [6.45, 7) is 2.53. The molecule has 0 radical (unpaired) electrons. The van der Waals surface area contributed by atoms with Crippen LogP contribution in [0.3, 0.4) is 0 Å². The van der Waals surface area contributed by atoms with Gasteiger partial charge in [0.05, 0.1) is 12.6 Å². The molecule has 9 nitrogen and oxygen atoms in total. The molecule has 220 valence electrons. The fraction of sp³-hybridized carbons (Fsp3) is 0.424. The number of nitrogens with zero attached hydrogens (tertiary/aromatic N) is 5. The van der Waals surface area contributed by atoms with Crippen LogP contribution in [0.25, 0.3) is 0 Å². The van der Waals surface area contributed by atoms with E-state index in [0.717, 1.165) is 19.5 Å². The van der Waals surface area contributed by atoms with Gasteiger partial charge in [-0.2, -0.15) is 0 Å². The number of likely N-dealkylation sites (N-methyl/N-ethyl adjacent to an activating group) is 1. The molecule has 0 saturated carbocycles. The highest BCUT2D eigenvalue weighted by atomic mass is 16.6. The van der Waals surface area contributed by atoms with Crippen LogP contribution >= 0.6 is 0 Å². The van der Waals surface area contributed by atoms with Crippen LogP contribution in [0.2, 0.25) is 0 Å². The molecule has 1 amide bonds. The molecule has 3 aromatic carbocycles. The molecule has 0 aliphatic carbocycles. The van der Waals surface area contributed by atoms with E-state index in [-0.39, 0.29) is 42.9 Å². The summed E-state index contributed by atoms with van der Waals surface area (Å²) < 4.78 is 12.4. The normalized spacial score (nSPS) is 28.9. The molecule has 1 N–H and O–H groups in total. The minimum Gasteiger partial charge on any atom is -0.378 e. The molecule has 0 aromatic heterocycles. The summed E-state index contributed by atoms with van der Waals surface area (Å²) in [5.41, 5.74) is 4.86. The lowest BCUT2D eigenvalue weighted by atomic mass is 10.0. The van der Waals surface area contributed by atoms with Crippen molar-refractivity contribution in [2.24, 2.45) is 0 Å². The van der Waals surface area contributed by atoms with Crippen molar-refractivity contribution < 1.29 is 14.3 Å². The Labute approximate surface area is 248 Å². The van der Waals surface area contributed by atoms with E-state index in [1.54, 1.807) is 0 Å². The Balaban J connectivity index is 1.12. The summed E-state index contributed by atoms with van der Waals surface area (Å²) in [6.07, 6.45) is 0.444. The highest BCUT2D eigenvalue weighted by Gasteiger charge is 2.60. The Morgan fingerprint density at radius 3 is 2.33 bits per heavy atom. The predicted octanol–water partition coefficient (Wildman–Crippen LogP) is 2.69. The number of hydrogen-bond donors (Lipinski definition) is 1. The van der Waals surface area contributed by atoms with Gasteiger partial charge in [0, 0.05) is 46.5 Å². The largest absolute Gasteiger partial charge is 0.378 e. The number of nitrogens with one attached hydrogen (secondary N) is 1. The highest BCUT2D eigenvalue weighted by molar-refractivity contribution is 5.81. The standard InChI is InChI=1S/C33H40N6O3/c1-35(2)26-16-10-15-25(17-26)20-37-21-28-38(36(3)33-31(42-33)34-19-24-13-8-5-9-14-24)22-29(40)39(28)27(30-32(37)41-30)18-23-11-6-4-7-12-23/h4-17,27-28,30-34H,18-22H2,1-3H3/t27-,28+,30?,31?,32?,33?/m0/s1. The molecule has 0 spiro atoms. The molecule has 4 aliphatic rings. The Bertz CT molecular complexity index is 1390. The first-order chi connectivity index (χ1) is 20.5. The Kier molecular flexibility index (Phi) is 7.47. The maximum absolute atomic E-state index is 13.8. The molecule has 42 heavy (non-hydrogen) atoms. The second-order valence-electron chi connectivity index (χ2n) is 12.0. The van der Waals surface area contributed by atoms with Crippen molar-refractivity contribution in [2.75, 3.05) is 39.1 Å². The van der Waals surface area contributed by atoms with E-state index in [1.165, 1.54) is 22.4 Å². The number of anilines is 1. The van der Waals surface area contributed by atoms with Crippen molar-refractivity contribution in [3.8, 4) is 0 Å². The first-order valence-electron chi connectivity index (χ1n) is 14.9. The molecule has 6 atom stereocenters. The van der Waals surface area contributed by atoms with Crippen LogP contribution in [0.4, 0.5) is 5.69 Å². The number of fused-ring (bicyclic) bond motifs is 2. The second kappa shape index (κ2) is 11.4. The molecule has 4 unspecified atom stereocenters. The minimum absolute atomic E-state index is 0.00950. The molecule has 0 bridgehead atoms. The van der Waals surface area contributed by atoms with Crippen LogP contribution in [0.5, 0.6) is 0 Å². The minimum atomic E-state index is -0.117. The smallest absolute Gasteiger partial charge is 0.240 e. The molecular formula is C33H40N6O3. The Morgan fingerprint density at radius 2 is 1.60 bits per heavy atom. The van der Waals surface area contributed by atoms with Gasteiger partial charge in [-0.15, -0.1) is 0 Å². The van der Waals surface area contributed by atoms with E-state index in [1.807, 2.05) is 31.3 Å². The molecule has 4 fully saturated rings. The third-order valence-corrected chi connectivity index (χ3v) is 8.94. The number of rotatable bonds is 10. The van der Waals surface area contributed by atoms with Crippen molar-refractivity contribution in [1.82, 2.24) is 25.1 Å². The summed E-state index contributed by atoms with van der Waals surface area (Å²) in [5.74, 6) is 0.146. The van der Waals surface area contributed by atoms with Crippen molar-refractivity contribution >= 4 is 11.6 Å². The van der Waals surface area contributed by atoms with Crippen LogP contribution in [-0.2, 0) is 33.8 Å². The monoisotopic (exact) mass is 568 g/mol. The van der Waals surface area contributed by atoms with E-state index in [9.17, 15) is 4.79 Å². The van der Waals surface area contributed by atoms with E-state index < -0.39 is 0 Å². The van der Waals surface area contributed by atoms with Gasteiger partial charge < -0.3 is 19.3 Å². The average molecular weight is 569 g/mol. The molecular weight excluding hydrogens is 528 g/mol. The Morgan fingerprint density at radius 1 is 0.881 bits per heavy atom. The SMILES string of the molecule is CN(C)c1cccc(CN2C[C@H]3N(C(=O)CN3N(C)C3OC3NCc3ccccc3)[C@@H](Cc3ccccc3)C3OC32)c1. The molecule has 4 aliphatic heterocycles. The summed E-state index contributed by atoms with van der Waals surface area (Å²) >= 11 is 0. The second-order valence-corrected chi connectivity index (χ2v) is 12.0. The van der Waals surface area contributed by atoms with Crippen LogP contribution in [0.15, 0.2) is 84.9 Å². The average Bonchev–Trinajstić information content (AvgIpc) is 3.92. The van der Waals surface area contributed by atoms with Gasteiger partial charge in [0.2, 0.25) is 5.91 Å². The van der Waals surface area contributed by atoms with Gasteiger partial charge in [-0.1, -0.05) is 72.8 Å². The van der Waals surface area contributed by atoms with Crippen molar-refractivity contribution in [2.45, 2.75) is 56.5 Å². The number of epoxide rings is 2. The number of hydrogen-bond acceptors (Lipinski definition) is 8. The van der Waals surface area contributed by atoms with Gasteiger partial charge in [0.15, 0.2) is 12.5 Å². The highest BCUT2D eigenvalue weighted by Crippen LogP contribution is 2.41. The van der Waals surface area contributed by atoms with Gasteiger partial charge in [0.25, 0.3) is 0 Å². The molecule has 7 rings (SSSR count). The molecule has 9 heteroatoms. The van der Waals surface area contributed by atoms with Gasteiger partial charge >= 0.3 is 0 Å². The van der Waals surface area contributed by atoms with Crippen LogP contribution in [-0.4, -0.2) is 97.0 Å². The number of carbonyl (C=O) groups excluding carboxylic acids is 1. The van der Waals surface area contributed by atoms with Gasteiger partial charge in [-0.05, 0) is 35.2 Å². The number of benzene rings is 3. The maximum atomic E-state index is 13.8. The van der Waals surface area contributed by atoms with E-state index in [0.29, 0.717) is 13.1 Å². The van der Waals surface area contributed by atoms with Crippen molar-refractivity contribution in [3.05, 3.63) is 102 Å². The lowest BCUT2D eigenvalue weighted by molar-refractivity contribution is -0.131.